The summed E-state index contributed by atoms with van der Waals surface area (Å²) in [4.78, 5) is 6.88. The van der Waals surface area contributed by atoms with Gasteiger partial charge in [-0.3, -0.25) is 14.6 Å². The van der Waals surface area contributed by atoms with Gasteiger partial charge in [0.05, 0.1) is 11.7 Å². The standard InChI is InChI=1S/C21H34N6O.HI/c1-16-14-17(2)27(25-16)13-7-10-23-21(22-4)24-15-19(26-11-5-6-12-26)20-9-8-18(3)28-20;/h8-9,14,19H,5-7,10-13,15H2,1-4H3,(H2,22,23,24);1H. The van der Waals surface area contributed by atoms with Gasteiger partial charge in [-0.2, -0.15) is 5.10 Å². The Labute approximate surface area is 191 Å². The molecule has 0 amide bonds. The third-order valence-corrected chi connectivity index (χ3v) is 5.30. The van der Waals surface area contributed by atoms with E-state index in [-0.39, 0.29) is 30.0 Å². The Morgan fingerprint density at radius 2 is 1.97 bits per heavy atom. The van der Waals surface area contributed by atoms with Crippen molar-refractivity contribution in [2.24, 2.45) is 4.99 Å². The first-order valence-electron chi connectivity index (χ1n) is 10.3. The summed E-state index contributed by atoms with van der Waals surface area (Å²) in [5.41, 5.74) is 2.28. The van der Waals surface area contributed by atoms with E-state index < -0.39 is 0 Å². The molecule has 1 aliphatic heterocycles. The van der Waals surface area contributed by atoms with Crippen molar-refractivity contribution in [1.82, 2.24) is 25.3 Å². The SMILES string of the molecule is CN=C(NCCCn1nc(C)cc1C)NCC(c1ccc(C)o1)N1CCCC1.I. The van der Waals surface area contributed by atoms with Gasteiger partial charge in [0.1, 0.15) is 11.5 Å². The number of aromatic nitrogens is 2. The van der Waals surface area contributed by atoms with Crippen molar-refractivity contribution in [2.75, 3.05) is 33.2 Å². The lowest BCUT2D eigenvalue weighted by Gasteiger charge is -2.26. The van der Waals surface area contributed by atoms with E-state index in [2.05, 4.69) is 49.4 Å². The van der Waals surface area contributed by atoms with Crippen LogP contribution in [0.4, 0.5) is 0 Å². The molecule has 0 radical (unpaired) electrons. The molecule has 2 aromatic heterocycles. The maximum Gasteiger partial charge on any atom is 0.191 e. The molecular formula is C21H35IN6O. The van der Waals surface area contributed by atoms with Gasteiger partial charge < -0.3 is 15.1 Å². The molecule has 2 N–H and O–H groups in total. The predicted octanol–water partition coefficient (Wildman–Crippen LogP) is 3.41. The number of halogens is 1. The van der Waals surface area contributed by atoms with E-state index in [9.17, 15) is 0 Å². The fourth-order valence-electron chi connectivity index (χ4n) is 3.85. The molecule has 0 aliphatic carbocycles. The number of aliphatic imine (C=N–C) groups is 1. The molecule has 7 nitrogen and oxygen atoms in total. The second-order valence-corrected chi connectivity index (χ2v) is 7.59. The van der Waals surface area contributed by atoms with Gasteiger partial charge in [0, 0.05) is 32.4 Å². The maximum absolute atomic E-state index is 5.93. The summed E-state index contributed by atoms with van der Waals surface area (Å²) in [5, 5.41) is 11.4. The molecule has 8 heteroatoms. The molecule has 1 atom stereocenters. The number of hydrogen-bond donors (Lipinski definition) is 2. The molecule has 1 fully saturated rings. The smallest absolute Gasteiger partial charge is 0.191 e. The normalized spacial score (nSPS) is 15.9. The van der Waals surface area contributed by atoms with Crippen LogP contribution in [0.25, 0.3) is 0 Å². The van der Waals surface area contributed by atoms with Crippen LogP contribution in [0.5, 0.6) is 0 Å². The first-order chi connectivity index (χ1) is 13.6. The Kier molecular flexibility index (Phi) is 9.48. The lowest BCUT2D eigenvalue weighted by atomic mass is 10.2. The highest BCUT2D eigenvalue weighted by Gasteiger charge is 2.26. The number of likely N-dealkylation sites (tertiary alicyclic amines) is 1. The topological polar surface area (TPSA) is 70.6 Å². The number of nitrogens with one attached hydrogen (secondary N) is 2. The molecule has 0 spiro atoms. The van der Waals surface area contributed by atoms with Crippen molar-refractivity contribution in [3.63, 3.8) is 0 Å². The van der Waals surface area contributed by atoms with E-state index >= 15 is 0 Å². The molecule has 162 valence electrons. The van der Waals surface area contributed by atoms with Gasteiger partial charge in [-0.1, -0.05) is 0 Å². The van der Waals surface area contributed by atoms with Crippen molar-refractivity contribution >= 4 is 29.9 Å². The Morgan fingerprint density at radius 3 is 2.55 bits per heavy atom. The van der Waals surface area contributed by atoms with Crippen LogP contribution in [0.2, 0.25) is 0 Å². The van der Waals surface area contributed by atoms with Crippen LogP contribution >= 0.6 is 24.0 Å². The number of hydrogen-bond acceptors (Lipinski definition) is 4. The van der Waals surface area contributed by atoms with Crippen molar-refractivity contribution in [3.05, 3.63) is 41.1 Å². The van der Waals surface area contributed by atoms with Gasteiger partial charge >= 0.3 is 0 Å². The third kappa shape index (κ3) is 6.74. The van der Waals surface area contributed by atoms with Crippen LogP contribution in [-0.4, -0.2) is 53.9 Å². The van der Waals surface area contributed by atoms with E-state index in [4.69, 9.17) is 4.42 Å². The molecule has 3 rings (SSSR count). The van der Waals surface area contributed by atoms with Gasteiger partial charge in [-0.15, -0.1) is 24.0 Å². The number of furan rings is 1. The van der Waals surface area contributed by atoms with E-state index in [0.29, 0.717) is 0 Å². The largest absolute Gasteiger partial charge is 0.465 e. The molecule has 3 heterocycles. The first-order valence-corrected chi connectivity index (χ1v) is 10.3. The lowest BCUT2D eigenvalue weighted by molar-refractivity contribution is 0.213. The highest BCUT2D eigenvalue weighted by molar-refractivity contribution is 14.0. The number of guanidine groups is 1. The summed E-state index contributed by atoms with van der Waals surface area (Å²) in [6.45, 7) is 10.9. The minimum Gasteiger partial charge on any atom is -0.465 e. The summed E-state index contributed by atoms with van der Waals surface area (Å²) in [6, 6.07) is 6.50. The average molecular weight is 514 g/mol. The minimum atomic E-state index is 0. The van der Waals surface area contributed by atoms with E-state index in [1.54, 1.807) is 0 Å². The van der Waals surface area contributed by atoms with Gasteiger partial charge in [-0.05, 0) is 71.3 Å². The lowest BCUT2D eigenvalue weighted by Crippen LogP contribution is -2.43. The molecule has 1 unspecified atom stereocenters. The summed E-state index contributed by atoms with van der Waals surface area (Å²) in [6.07, 6.45) is 3.51. The summed E-state index contributed by atoms with van der Waals surface area (Å²) in [7, 11) is 1.82. The number of rotatable bonds is 8. The van der Waals surface area contributed by atoms with Crippen molar-refractivity contribution < 1.29 is 4.42 Å². The van der Waals surface area contributed by atoms with Crippen LogP contribution < -0.4 is 10.6 Å². The monoisotopic (exact) mass is 514 g/mol. The van der Waals surface area contributed by atoms with Gasteiger partial charge in [0.15, 0.2) is 5.96 Å². The van der Waals surface area contributed by atoms with Gasteiger partial charge in [-0.25, -0.2) is 0 Å². The number of aryl methyl sites for hydroxylation is 4. The first kappa shape index (κ1) is 23.7. The highest BCUT2D eigenvalue weighted by atomic mass is 127. The Bertz CT molecular complexity index is 778. The fourth-order valence-corrected chi connectivity index (χ4v) is 3.85. The fraction of sp³-hybridized carbons (Fsp3) is 0.619. The zero-order valence-corrected chi connectivity index (χ0v) is 20.4. The zero-order chi connectivity index (χ0) is 19.9. The Balaban J connectivity index is 0.00000300. The van der Waals surface area contributed by atoms with Gasteiger partial charge in [0.25, 0.3) is 0 Å². The predicted molar refractivity (Wildman–Crippen MR) is 128 cm³/mol. The van der Waals surface area contributed by atoms with E-state index in [0.717, 1.165) is 62.3 Å². The van der Waals surface area contributed by atoms with Gasteiger partial charge in [0.2, 0.25) is 0 Å². The molecule has 0 saturated carbocycles. The summed E-state index contributed by atoms with van der Waals surface area (Å²) in [5.74, 6) is 2.83. The third-order valence-electron chi connectivity index (χ3n) is 5.30. The zero-order valence-electron chi connectivity index (χ0n) is 18.1. The van der Waals surface area contributed by atoms with Crippen LogP contribution in [0, 0.1) is 20.8 Å². The quantitative estimate of drug-likeness (QED) is 0.245. The molecule has 0 bridgehead atoms. The summed E-state index contributed by atoms with van der Waals surface area (Å²) < 4.78 is 8.00. The molecule has 29 heavy (non-hydrogen) atoms. The Hall–Kier alpha value is -1.55. The van der Waals surface area contributed by atoms with E-state index in [1.807, 2.05) is 27.0 Å². The van der Waals surface area contributed by atoms with Crippen molar-refractivity contribution in [2.45, 2.75) is 52.6 Å². The molecule has 1 aliphatic rings. The van der Waals surface area contributed by atoms with Crippen LogP contribution in [0.15, 0.2) is 27.6 Å². The van der Waals surface area contributed by atoms with E-state index in [1.165, 1.54) is 18.5 Å². The van der Waals surface area contributed by atoms with Crippen molar-refractivity contribution in [3.8, 4) is 0 Å². The van der Waals surface area contributed by atoms with Crippen molar-refractivity contribution in [1.29, 1.82) is 0 Å². The van der Waals surface area contributed by atoms with Crippen LogP contribution in [-0.2, 0) is 6.54 Å². The highest BCUT2D eigenvalue weighted by Crippen LogP contribution is 2.26. The Morgan fingerprint density at radius 1 is 1.21 bits per heavy atom. The molecule has 2 aromatic rings. The van der Waals surface area contributed by atoms with Crippen LogP contribution in [0.1, 0.15) is 48.2 Å². The number of nitrogens with zero attached hydrogens (tertiary/aromatic N) is 4. The second kappa shape index (κ2) is 11.6. The molecule has 0 aromatic carbocycles. The minimum absolute atomic E-state index is 0. The summed E-state index contributed by atoms with van der Waals surface area (Å²) >= 11 is 0. The maximum atomic E-state index is 5.93. The molecular weight excluding hydrogens is 479 g/mol. The molecule has 1 saturated heterocycles. The second-order valence-electron chi connectivity index (χ2n) is 7.59. The van der Waals surface area contributed by atoms with Crippen LogP contribution in [0.3, 0.4) is 0 Å². The average Bonchev–Trinajstić information content (AvgIpc) is 3.40.